The zero-order valence-electron chi connectivity index (χ0n) is 22.2. The van der Waals surface area contributed by atoms with Crippen molar-refractivity contribution in [1.82, 2.24) is 19.7 Å². The summed E-state index contributed by atoms with van der Waals surface area (Å²) in [5.41, 5.74) is 4.60. The third-order valence-electron chi connectivity index (χ3n) is 6.51. The quantitative estimate of drug-likeness (QED) is 0.249. The number of alkyl halides is 3. The number of aromatic amines is 1. The van der Waals surface area contributed by atoms with Crippen LogP contribution in [0, 0.1) is 6.92 Å². The van der Waals surface area contributed by atoms with E-state index in [0.717, 1.165) is 23.1 Å². The van der Waals surface area contributed by atoms with E-state index in [1.54, 1.807) is 6.92 Å². The lowest BCUT2D eigenvalue weighted by Crippen LogP contribution is -2.28. The van der Waals surface area contributed by atoms with Crippen LogP contribution in [0.4, 0.5) is 13.2 Å². The summed E-state index contributed by atoms with van der Waals surface area (Å²) < 4.78 is 47.8. The maximum Gasteiger partial charge on any atom is 0.573 e. The van der Waals surface area contributed by atoms with Crippen molar-refractivity contribution in [1.29, 1.82) is 0 Å². The lowest BCUT2D eigenvalue weighted by atomic mass is 9.96. The second-order valence-corrected chi connectivity index (χ2v) is 9.38. The van der Waals surface area contributed by atoms with Crippen LogP contribution in [0.2, 0.25) is 0 Å². The van der Waals surface area contributed by atoms with E-state index in [4.69, 9.17) is 4.98 Å². The smallest absolute Gasteiger partial charge is 0.406 e. The first-order valence-electron chi connectivity index (χ1n) is 12.8. The van der Waals surface area contributed by atoms with Crippen LogP contribution < -0.4 is 16.1 Å². The molecular formula is C30H25F3N4O4. The van der Waals surface area contributed by atoms with Gasteiger partial charge in [0.05, 0.1) is 11.4 Å². The van der Waals surface area contributed by atoms with Crippen LogP contribution >= 0.6 is 0 Å². The summed E-state index contributed by atoms with van der Waals surface area (Å²) in [6.45, 7) is 3.69. The number of benzene rings is 3. The van der Waals surface area contributed by atoms with Crippen molar-refractivity contribution in [3.63, 3.8) is 0 Å². The first-order valence-corrected chi connectivity index (χ1v) is 12.8. The molecule has 11 heteroatoms. The molecule has 0 unspecified atom stereocenters. The summed E-state index contributed by atoms with van der Waals surface area (Å²) in [5, 5.41) is 3.80. The highest BCUT2D eigenvalue weighted by Gasteiger charge is 2.31. The van der Waals surface area contributed by atoms with Crippen LogP contribution in [0.3, 0.4) is 0 Å². The van der Waals surface area contributed by atoms with E-state index in [0.29, 0.717) is 47.0 Å². The summed E-state index contributed by atoms with van der Waals surface area (Å²) in [4.78, 5) is 32.5. The van der Waals surface area contributed by atoms with E-state index in [9.17, 15) is 22.8 Å². The molecule has 0 aliphatic carbocycles. The second-order valence-electron chi connectivity index (χ2n) is 9.38. The van der Waals surface area contributed by atoms with Crippen LogP contribution in [0.25, 0.3) is 28.2 Å². The third kappa shape index (κ3) is 6.13. The van der Waals surface area contributed by atoms with Gasteiger partial charge in [-0.15, -0.1) is 13.2 Å². The Bertz CT molecular complexity index is 1790. The molecule has 8 nitrogen and oxygen atoms in total. The van der Waals surface area contributed by atoms with Crippen LogP contribution in [0.5, 0.6) is 5.75 Å². The van der Waals surface area contributed by atoms with E-state index in [-0.39, 0.29) is 11.3 Å². The normalized spacial score (nSPS) is 11.5. The molecule has 3 aromatic carbocycles. The minimum atomic E-state index is -4.81. The van der Waals surface area contributed by atoms with Gasteiger partial charge >= 0.3 is 12.1 Å². The number of nitrogens with zero attached hydrogens (tertiary/aromatic N) is 3. The molecule has 0 spiro atoms. The van der Waals surface area contributed by atoms with Gasteiger partial charge in [-0.05, 0) is 54.3 Å². The van der Waals surface area contributed by atoms with E-state index in [2.05, 4.69) is 19.4 Å². The van der Waals surface area contributed by atoms with E-state index >= 15 is 0 Å². The SMILES string of the molecule is CCCc1nc(C)n(-c2ccc(OC(F)(F)F)cc2)c(=O)c1Cc1ccc(-c2ccccc2-c2noc(=O)[nH]2)cc1. The summed E-state index contributed by atoms with van der Waals surface area (Å²) in [6.07, 6.45) is -3.11. The van der Waals surface area contributed by atoms with Gasteiger partial charge in [0.1, 0.15) is 11.6 Å². The van der Waals surface area contributed by atoms with Gasteiger partial charge in [0.15, 0.2) is 5.82 Å². The molecule has 0 saturated carbocycles. The molecule has 0 radical (unpaired) electrons. The molecule has 0 saturated heterocycles. The van der Waals surface area contributed by atoms with Crippen molar-refractivity contribution < 1.29 is 22.4 Å². The Morgan fingerprint density at radius 2 is 1.63 bits per heavy atom. The predicted molar refractivity (Wildman–Crippen MR) is 146 cm³/mol. The number of H-pyrrole nitrogens is 1. The Kier molecular flexibility index (Phi) is 7.60. The zero-order valence-corrected chi connectivity index (χ0v) is 22.2. The predicted octanol–water partition coefficient (Wildman–Crippen LogP) is 5.99. The first-order chi connectivity index (χ1) is 19.6. The number of ether oxygens (including phenoxy) is 1. The largest absolute Gasteiger partial charge is 0.573 e. The van der Waals surface area contributed by atoms with Gasteiger partial charge in [0.25, 0.3) is 5.56 Å². The molecule has 5 rings (SSSR count). The molecule has 2 heterocycles. The van der Waals surface area contributed by atoms with Crippen LogP contribution in [0.1, 0.15) is 36.0 Å². The fraction of sp³-hybridized carbons (Fsp3) is 0.200. The lowest BCUT2D eigenvalue weighted by Gasteiger charge is -2.16. The average Bonchev–Trinajstić information content (AvgIpc) is 3.37. The Balaban J connectivity index is 1.48. The Morgan fingerprint density at radius 3 is 2.24 bits per heavy atom. The van der Waals surface area contributed by atoms with Gasteiger partial charge in [-0.1, -0.05) is 67.0 Å². The topological polar surface area (TPSA) is 103 Å². The number of nitrogens with one attached hydrogen (secondary N) is 1. The van der Waals surface area contributed by atoms with Crippen LogP contribution in [-0.4, -0.2) is 26.1 Å². The Morgan fingerprint density at radius 1 is 0.951 bits per heavy atom. The van der Waals surface area contributed by atoms with E-state index < -0.39 is 12.1 Å². The Labute approximate surface area is 232 Å². The highest BCUT2D eigenvalue weighted by Crippen LogP contribution is 2.30. The Hall–Kier alpha value is -4.93. The van der Waals surface area contributed by atoms with Crippen LogP contribution in [0.15, 0.2) is 86.9 Å². The molecule has 41 heavy (non-hydrogen) atoms. The molecular weight excluding hydrogens is 537 g/mol. The summed E-state index contributed by atoms with van der Waals surface area (Å²) >= 11 is 0. The summed E-state index contributed by atoms with van der Waals surface area (Å²) in [5.74, 6) is -0.261. The third-order valence-corrected chi connectivity index (χ3v) is 6.51. The molecule has 0 aliphatic heterocycles. The molecule has 0 fully saturated rings. The zero-order chi connectivity index (χ0) is 29.1. The van der Waals surface area contributed by atoms with Crippen molar-refractivity contribution in [3.8, 4) is 34.0 Å². The monoisotopic (exact) mass is 562 g/mol. The standard InChI is InChI=1S/C30H25F3N4O4/c1-3-6-26-25(28(38)37(18(2)34-26)21-13-15-22(16-14-21)40-30(31,32)33)17-19-9-11-20(12-10-19)23-7-4-5-8-24(23)27-35-29(39)41-36-27/h4-5,7-16H,3,6,17H2,1-2H3,(H,35,36,39). The van der Waals surface area contributed by atoms with Gasteiger partial charge in [-0.2, -0.15) is 0 Å². The summed E-state index contributed by atoms with van der Waals surface area (Å²) in [7, 11) is 0. The fourth-order valence-corrected chi connectivity index (χ4v) is 4.73. The van der Waals surface area contributed by atoms with Gasteiger partial charge in [0.2, 0.25) is 0 Å². The number of aromatic nitrogens is 4. The molecule has 210 valence electrons. The second kappa shape index (κ2) is 11.3. The number of hydrogen-bond donors (Lipinski definition) is 1. The molecule has 5 aromatic rings. The molecule has 2 aromatic heterocycles. The van der Waals surface area contributed by atoms with E-state index in [1.165, 1.54) is 28.8 Å². The lowest BCUT2D eigenvalue weighted by molar-refractivity contribution is -0.274. The molecule has 0 bridgehead atoms. The average molecular weight is 563 g/mol. The number of rotatable bonds is 8. The number of aryl methyl sites for hydroxylation is 2. The number of halogens is 3. The maximum atomic E-state index is 13.8. The van der Waals surface area contributed by atoms with Gasteiger partial charge in [-0.25, -0.2) is 9.78 Å². The van der Waals surface area contributed by atoms with Crippen molar-refractivity contribution >= 4 is 0 Å². The van der Waals surface area contributed by atoms with Crippen molar-refractivity contribution in [2.45, 2.75) is 39.5 Å². The minimum Gasteiger partial charge on any atom is -0.406 e. The van der Waals surface area contributed by atoms with Crippen molar-refractivity contribution in [3.05, 3.63) is 116 Å². The molecule has 0 aliphatic rings. The van der Waals surface area contributed by atoms with Crippen molar-refractivity contribution in [2.24, 2.45) is 0 Å². The molecule has 1 N–H and O–H groups in total. The minimum absolute atomic E-state index is 0.283. The highest BCUT2D eigenvalue weighted by molar-refractivity contribution is 5.80. The van der Waals surface area contributed by atoms with Gasteiger partial charge in [-0.3, -0.25) is 18.9 Å². The maximum absolute atomic E-state index is 13.8. The van der Waals surface area contributed by atoms with Crippen molar-refractivity contribution in [2.75, 3.05) is 0 Å². The van der Waals surface area contributed by atoms with Gasteiger partial charge in [0, 0.05) is 17.5 Å². The van der Waals surface area contributed by atoms with E-state index in [1.807, 2.05) is 55.5 Å². The first kappa shape index (κ1) is 27.6. The highest BCUT2D eigenvalue weighted by atomic mass is 19.4. The summed E-state index contributed by atoms with van der Waals surface area (Å²) in [6, 6.07) is 20.3. The molecule has 0 atom stereocenters. The fourth-order valence-electron chi connectivity index (χ4n) is 4.73. The number of hydrogen-bond acceptors (Lipinski definition) is 6. The van der Waals surface area contributed by atoms with Gasteiger partial charge < -0.3 is 4.74 Å². The van der Waals surface area contributed by atoms with Crippen LogP contribution in [-0.2, 0) is 12.8 Å². The molecule has 0 amide bonds.